The second kappa shape index (κ2) is 4.52. The van der Waals surface area contributed by atoms with Gasteiger partial charge in [-0.05, 0) is 28.1 Å². The van der Waals surface area contributed by atoms with E-state index >= 15 is 0 Å². The Labute approximate surface area is 101 Å². The van der Waals surface area contributed by atoms with Crippen molar-refractivity contribution in [2.45, 2.75) is 6.04 Å². The van der Waals surface area contributed by atoms with Crippen molar-refractivity contribution in [3.05, 3.63) is 28.7 Å². The van der Waals surface area contributed by atoms with Crippen LogP contribution in [0.1, 0.15) is 0 Å². The molecular weight excluding hydrogens is 274 g/mol. The van der Waals surface area contributed by atoms with E-state index < -0.39 is 12.1 Å². The molecule has 1 saturated heterocycles. The number of para-hydroxylation sites is 1. The molecule has 0 saturated carbocycles. The first-order valence-electron chi connectivity index (χ1n) is 4.76. The quantitative estimate of drug-likeness (QED) is 0.760. The first kappa shape index (κ1) is 10.9. The second-order valence-electron chi connectivity index (χ2n) is 3.38. The number of carbonyl (C=O) groups is 2. The highest BCUT2D eigenvalue weighted by molar-refractivity contribution is 9.10. The standard InChI is InChI=1S/C10H10BrN3O2/c11-6-3-1-2-4-7(6)13-8-5-12-10(16)14-9(8)15/h1-4,8,13H,5H2,(H2,12,14,15,16). The highest BCUT2D eigenvalue weighted by atomic mass is 79.9. The Kier molecular flexibility index (Phi) is 3.09. The molecule has 0 aliphatic carbocycles. The fourth-order valence-electron chi connectivity index (χ4n) is 1.41. The summed E-state index contributed by atoms with van der Waals surface area (Å²) in [5.74, 6) is -0.320. The number of imide groups is 1. The Morgan fingerprint density at radius 1 is 1.31 bits per heavy atom. The molecule has 1 atom stereocenters. The minimum atomic E-state index is -0.449. The Morgan fingerprint density at radius 3 is 2.75 bits per heavy atom. The highest BCUT2D eigenvalue weighted by Gasteiger charge is 2.26. The lowest BCUT2D eigenvalue weighted by molar-refractivity contribution is -0.121. The maximum absolute atomic E-state index is 11.5. The van der Waals surface area contributed by atoms with Gasteiger partial charge >= 0.3 is 6.03 Å². The van der Waals surface area contributed by atoms with Crippen LogP contribution in [-0.4, -0.2) is 24.5 Å². The molecule has 0 bridgehead atoms. The summed E-state index contributed by atoms with van der Waals surface area (Å²) < 4.78 is 0.875. The predicted molar refractivity (Wildman–Crippen MR) is 63.1 cm³/mol. The summed E-state index contributed by atoms with van der Waals surface area (Å²) in [5.41, 5.74) is 0.818. The van der Waals surface area contributed by atoms with Crippen LogP contribution < -0.4 is 16.0 Å². The van der Waals surface area contributed by atoms with Gasteiger partial charge in [-0.3, -0.25) is 10.1 Å². The van der Waals surface area contributed by atoms with Gasteiger partial charge in [0.25, 0.3) is 5.91 Å². The fourth-order valence-corrected chi connectivity index (χ4v) is 1.81. The van der Waals surface area contributed by atoms with Crippen LogP contribution in [0.5, 0.6) is 0 Å². The molecule has 5 nitrogen and oxygen atoms in total. The number of halogens is 1. The SMILES string of the molecule is O=C1NCC(Nc2ccccc2Br)C(=O)N1. The van der Waals surface area contributed by atoms with Crippen molar-refractivity contribution in [1.82, 2.24) is 10.6 Å². The van der Waals surface area contributed by atoms with Gasteiger partial charge in [0.2, 0.25) is 0 Å². The first-order valence-corrected chi connectivity index (χ1v) is 5.56. The van der Waals surface area contributed by atoms with Gasteiger partial charge in [-0.25, -0.2) is 4.79 Å². The van der Waals surface area contributed by atoms with Crippen LogP contribution in [0.3, 0.4) is 0 Å². The van der Waals surface area contributed by atoms with Crippen molar-refractivity contribution in [1.29, 1.82) is 0 Å². The number of benzene rings is 1. The summed E-state index contributed by atoms with van der Waals surface area (Å²) in [6, 6.07) is 6.59. The van der Waals surface area contributed by atoms with Gasteiger partial charge in [0, 0.05) is 16.7 Å². The van der Waals surface area contributed by atoms with Crippen molar-refractivity contribution in [2.24, 2.45) is 0 Å². The van der Waals surface area contributed by atoms with Crippen LogP contribution in [0.2, 0.25) is 0 Å². The van der Waals surface area contributed by atoms with Gasteiger partial charge in [-0.2, -0.15) is 0 Å². The summed E-state index contributed by atoms with van der Waals surface area (Å²) in [4.78, 5) is 22.3. The van der Waals surface area contributed by atoms with E-state index in [0.717, 1.165) is 10.2 Å². The van der Waals surface area contributed by atoms with E-state index in [1.807, 2.05) is 24.3 Å². The lowest BCUT2D eigenvalue weighted by Crippen LogP contribution is -2.57. The lowest BCUT2D eigenvalue weighted by atomic mass is 10.2. The maximum atomic E-state index is 11.5. The Bertz CT molecular complexity index is 436. The van der Waals surface area contributed by atoms with E-state index in [9.17, 15) is 9.59 Å². The molecule has 0 spiro atoms. The number of nitrogens with one attached hydrogen (secondary N) is 3. The smallest absolute Gasteiger partial charge is 0.321 e. The maximum Gasteiger partial charge on any atom is 0.321 e. The summed E-state index contributed by atoms with van der Waals surface area (Å²) in [6.07, 6.45) is 0. The van der Waals surface area contributed by atoms with E-state index in [0.29, 0.717) is 0 Å². The first-order chi connectivity index (χ1) is 7.66. The number of anilines is 1. The van der Waals surface area contributed by atoms with E-state index in [-0.39, 0.29) is 12.5 Å². The number of amides is 3. The molecule has 1 fully saturated rings. The van der Waals surface area contributed by atoms with Crippen LogP contribution >= 0.6 is 15.9 Å². The van der Waals surface area contributed by atoms with E-state index in [2.05, 4.69) is 31.9 Å². The largest absolute Gasteiger partial charge is 0.371 e. The number of hydrogen-bond acceptors (Lipinski definition) is 3. The van der Waals surface area contributed by atoms with Crippen LogP contribution in [0.4, 0.5) is 10.5 Å². The van der Waals surface area contributed by atoms with E-state index in [1.54, 1.807) is 0 Å². The molecule has 2 rings (SSSR count). The van der Waals surface area contributed by atoms with Crippen molar-refractivity contribution in [3.8, 4) is 0 Å². The normalized spacial score (nSPS) is 19.9. The third-order valence-corrected chi connectivity index (χ3v) is 2.92. The Balaban J connectivity index is 2.08. The minimum Gasteiger partial charge on any atom is -0.371 e. The van der Waals surface area contributed by atoms with Crippen molar-refractivity contribution < 1.29 is 9.59 Å². The fraction of sp³-hybridized carbons (Fsp3) is 0.200. The van der Waals surface area contributed by atoms with Gasteiger partial charge in [0.1, 0.15) is 6.04 Å². The molecule has 1 aliphatic rings. The third-order valence-electron chi connectivity index (χ3n) is 2.22. The third kappa shape index (κ3) is 2.33. The molecule has 1 aliphatic heterocycles. The summed E-state index contributed by atoms with van der Waals surface area (Å²) in [6.45, 7) is 0.284. The van der Waals surface area contributed by atoms with E-state index in [1.165, 1.54) is 0 Å². The molecule has 1 aromatic rings. The van der Waals surface area contributed by atoms with Crippen LogP contribution in [0, 0.1) is 0 Å². The van der Waals surface area contributed by atoms with Gasteiger partial charge in [0.05, 0.1) is 0 Å². The van der Waals surface area contributed by atoms with Gasteiger partial charge in [-0.1, -0.05) is 12.1 Å². The van der Waals surface area contributed by atoms with Crippen LogP contribution in [-0.2, 0) is 4.79 Å². The monoisotopic (exact) mass is 283 g/mol. The molecule has 1 unspecified atom stereocenters. The lowest BCUT2D eigenvalue weighted by Gasteiger charge is -2.24. The van der Waals surface area contributed by atoms with Crippen molar-refractivity contribution >= 4 is 33.6 Å². The summed E-state index contributed by atoms with van der Waals surface area (Å²) in [7, 11) is 0. The zero-order valence-electron chi connectivity index (χ0n) is 8.29. The molecule has 3 amide bonds. The van der Waals surface area contributed by atoms with E-state index in [4.69, 9.17) is 0 Å². The second-order valence-corrected chi connectivity index (χ2v) is 4.23. The van der Waals surface area contributed by atoms with Gasteiger partial charge < -0.3 is 10.6 Å². The zero-order chi connectivity index (χ0) is 11.5. The van der Waals surface area contributed by atoms with Crippen molar-refractivity contribution in [2.75, 3.05) is 11.9 Å². The molecule has 0 radical (unpaired) electrons. The van der Waals surface area contributed by atoms with Crippen LogP contribution in [0.25, 0.3) is 0 Å². The molecule has 1 heterocycles. The molecular formula is C10H10BrN3O2. The number of hydrogen-bond donors (Lipinski definition) is 3. The summed E-state index contributed by atoms with van der Waals surface area (Å²) in [5, 5.41) is 7.80. The predicted octanol–water partition coefficient (Wildman–Crippen LogP) is 1.07. The minimum absolute atomic E-state index is 0.284. The molecule has 84 valence electrons. The Morgan fingerprint density at radius 2 is 2.06 bits per heavy atom. The number of rotatable bonds is 2. The highest BCUT2D eigenvalue weighted by Crippen LogP contribution is 2.22. The van der Waals surface area contributed by atoms with Crippen molar-refractivity contribution in [3.63, 3.8) is 0 Å². The van der Waals surface area contributed by atoms with Gasteiger partial charge in [-0.15, -0.1) is 0 Å². The molecule has 3 N–H and O–H groups in total. The average Bonchev–Trinajstić information content (AvgIpc) is 2.25. The molecule has 0 aromatic heterocycles. The Hall–Kier alpha value is -1.56. The summed E-state index contributed by atoms with van der Waals surface area (Å²) >= 11 is 3.37. The topological polar surface area (TPSA) is 70.2 Å². The zero-order valence-corrected chi connectivity index (χ0v) is 9.87. The van der Waals surface area contributed by atoms with Gasteiger partial charge in [0.15, 0.2) is 0 Å². The molecule has 1 aromatic carbocycles. The molecule has 16 heavy (non-hydrogen) atoms. The molecule has 6 heteroatoms. The van der Waals surface area contributed by atoms with Crippen LogP contribution in [0.15, 0.2) is 28.7 Å². The average molecular weight is 284 g/mol. The number of carbonyl (C=O) groups excluding carboxylic acids is 2. The number of urea groups is 1.